The van der Waals surface area contributed by atoms with Crippen molar-refractivity contribution in [3.05, 3.63) is 55.6 Å². The summed E-state index contributed by atoms with van der Waals surface area (Å²) in [5, 5.41) is 14.6. The van der Waals surface area contributed by atoms with Crippen LogP contribution < -0.4 is 19.3 Å². The van der Waals surface area contributed by atoms with Gasteiger partial charge >= 0.3 is 0 Å². The third kappa shape index (κ3) is 4.41. The van der Waals surface area contributed by atoms with Crippen molar-refractivity contribution in [2.75, 3.05) is 37.1 Å². The predicted molar refractivity (Wildman–Crippen MR) is 137 cm³/mol. The Hall–Kier alpha value is -1.64. The van der Waals surface area contributed by atoms with Crippen molar-refractivity contribution < 1.29 is 14.6 Å². The largest absolute Gasteiger partial charge is 0.494 e. The van der Waals surface area contributed by atoms with Crippen LogP contribution in [-0.4, -0.2) is 38.5 Å². The van der Waals surface area contributed by atoms with Gasteiger partial charge in [-0.05, 0) is 64.5 Å². The highest BCUT2D eigenvalue weighted by atomic mass is 79.9. The zero-order chi connectivity index (χ0) is 22.8. The van der Waals surface area contributed by atoms with Crippen LogP contribution >= 0.6 is 50.5 Å². The molecule has 1 fully saturated rings. The van der Waals surface area contributed by atoms with Crippen LogP contribution in [0.4, 0.5) is 22.7 Å². The fraction of sp³-hybridized carbons (Fsp3) is 0.304. The highest BCUT2D eigenvalue weighted by Crippen LogP contribution is 2.55. The summed E-state index contributed by atoms with van der Waals surface area (Å²) in [5.74, 6) is 0.901. The van der Waals surface area contributed by atoms with Gasteiger partial charge in [-0.25, -0.2) is 0 Å². The average molecular weight is 558 g/mol. The van der Waals surface area contributed by atoms with E-state index in [9.17, 15) is 5.11 Å². The number of rotatable bonds is 6. The van der Waals surface area contributed by atoms with Gasteiger partial charge in [0, 0.05) is 29.8 Å². The van der Waals surface area contributed by atoms with Crippen LogP contribution in [0, 0.1) is 0 Å². The fourth-order valence-electron chi connectivity index (χ4n) is 3.89. The van der Waals surface area contributed by atoms with Crippen LogP contribution in [0.25, 0.3) is 0 Å². The van der Waals surface area contributed by atoms with Crippen LogP contribution in [0.2, 0.25) is 10.0 Å². The third-order valence-electron chi connectivity index (χ3n) is 5.55. The second-order valence-electron chi connectivity index (χ2n) is 7.41. The lowest BCUT2D eigenvalue weighted by Crippen LogP contribution is -2.35. The number of piperidine rings is 1. The van der Waals surface area contributed by atoms with E-state index in [1.165, 1.54) is 0 Å². The molecule has 1 saturated heterocycles. The summed E-state index contributed by atoms with van der Waals surface area (Å²) < 4.78 is 11.7. The van der Waals surface area contributed by atoms with E-state index in [4.69, 9.17) is 32.7 Å². The molecule has 32 heavy (non-hydrogen) atoms. The van der Waals surface area contributed by atoms with Crippen molar-refractivity contribution in [2.24, 2.45) is 0 Å². The molecule has 2 aromatic carbocycles. The Morgan fingerprint density at radius 2 is 1.59 bits per heavy atom. The number of ether oxygens (including phenoxy) is 2. The number of hydrogen-bond acceptors (Lipinski definition) is 6. The molecule has 0 spiro atoms. The van der Waals surface area contributed by atoms with Gasteiger partial charge < -0.3 is 24.4 Å². The number of benzene rings is 2. The summed E-state index contributed by atoms with van der Waals surface area (Å²) in [6, 6.07) is 10.3. The van der Waals surface area contributed by atoms with Crippen molar-refractivity contribution in [1.82, 2.24) is 0 Å². The van der Waals surface area contributed by atoms with E-state index in [0.717, 1.165) is 43.0 Å². The molecule has 3 aromatic rings. The molecule has 0 unspecified atom stereocenters. The normalized spacial score (nSPS) is 14.5. The first kappa shape index (κ1) is 23.5. The lowest BCUT2D eigenvalue weighted by molar-refractivity contribution is 0.145. The van der Waals surface area contributed by atoms with Gasteiger partial charge in [0.25, 0.3) is 0 Å². The maximum atomic E-state index is 9.80. The fourth-order valence-corrected chi connectivity index (χ4v) is 6.21. The first-order valence-electron chi connectivity index (χ1n) is 10.1. The van der Waals surface area contributed by atoms with Gasteiger partial charge in [-0.3, -0.25) is 0 Å². The molecule has 0 atom stereocenters. The topological polar surface area (TPSA) is 45.2 Å². The Kier molecular flexibility index (Phi) is 7.42. The van der Waals surface area contributed by atoms with Gasteiger partial charge in [0.2, 0.25) is 0 Å². The number of aliphatic hydroxyl groups is 1. The van der Waals surface area contributed by atoms with Gasteiger partial charge in [-0.2, -0.15) is 11.3 Å². The molecule has 1 aromatic heterocycles. The first-order valence-corrected chi connectivity index (χ1v) is 12.6. The molecular formula is C23H23BrCl2N2O3S. The van der Waals surface area contributed by atoms with Crippen molar-refractivity contribution in [3.8, 4) is 11.5 Å². The minimum atomic E-state index is -0.203. The second-order valence-corrected chi connectivity index (χ2v) is 9.74. The number of aliphatic hydroxyl groups excluding tert-OH is 1. The molecule has 0 radical (unpaired) electrons. The molecule has 2 heterocycles. The number of hydrogen-bond donors (Lipinski definition) is 1. The SMILES string of the molecule is COc1c(Cl)c(N(c2ccc(N3CCC(O)CC3)cc2)c2ccsc2)c(Cl)c(OC)c1Br. The Morgan fingerprint density at radius 1 is 1.00 bits per heavy atom. The predicted octanol–water partition coefficient (Wildman–Crippen LogP) is 7.27. The van der Waals surface area contributed by atoms with Crippen LogP contribution in [-0.2, 0) is 0 Å². The van der Waals surface area contributed by atoms with Crippen LogP contribution in [0.3, 0.4) is 0 Å². The number of nitrogens with zero attached hydrogens (tertiary/aromatic N) is 2. The van der Waals surface area contributed by atoms with Crippen molar-refractivity contribution in [1.29, 1.82) is 0 Å². The standard InChI is InChI=1S/C23H23BrCl2N2O3S/c1-30-22-18(24)23(31-2)20(26)21(19(22)25)28(16-9-12-32-13-16)15-5-3-14(4-6-15)27-10-7-17(29)8-11-27/h3-6,9,12-13,17,29H,7-8,10-11H2,1-2H3. The van der Waals surface area contributed by atoms with E-state index in [-0.39, 0.29) is 6.10 Å². The zero-order valence-electron chi connectivity index (χ0n) is 17.6. The summed E-state index contributed by atoms with van der Waals surface area (Å²) in [4.78, 5) is 4.29. The molecule has 170 valence electrons. The van der Waals surface area contributed by atoms with Gasteiger partial charge in [0.05, 0.1) is 31.7 Å². The molecule has 5 nitrogen and oxygen atoms in total. The van der Waals surface area contributed by atoms with Crippen LogP contribution in [0.1, 0.15) is 12.8 Å². The van der Waals surface area contributed by atoms with Crippen LogP contribution in [0.15, 0.2) is 45.6 Å². The van der Waals surface area contributed by atoms with Gasteiger partial charge in [-0.1, -0.05) is 23.2 Å². The van der Waals surface area contributed by atoms with Gasteiger partial charge in [0.15, 0.2) is 11.5 Å². The van der Waals surface area contributed by atoms with Gasteiger partial charge in [0.1, 0.15) is 14.5 Å². The molecule has 1 aliphatic heterocycles. The first-order chi connectivity index (χ1) is 15.5. The van der Waals surface area contributed by atoms with E-state index in [1.807, 2.05) is 33.9 Å². The van der Waals surface area contributed by atoms with E-state index < -0.39 is 0 Å². The number of anilines is 4. The quantitative estimate of drug-likeness (QED) is 0.345. The molecule has 0 bridgehead atoms. The molecule has 0 saturated carbocycles. The smallest absolute Gasteiger partial charge is 0.157 e. The summed E-state index contributed by atoms with van der Waals surface area (Å²) in [6.45, 7) is 1.68. The monoisotopic (exact) mass is 556 g/mol. The van der Waals surface area contributed by atoms with E-state index in [0.29, 0.717) is 31.7 Å². The van der Waals surface area contributed by atoms with E-state index in [1.54, 1.807) is 25.6 Å². The molecule has 0 amide bonds. The Balaban J connectivity index is 1.81. The van der Waals surface area contributed by atoms with Crippen molar-refractivity contribution in [3.63, 3.8) is 0 Å². The summed E-state index contributed by atoms with van der Waals surface area (Å²) in [6.07, 6.45) is 1.37. The molecule has 0 aliphatic carbocycles. The summed E-state index contributed by atoms with van der Waals surface area (Å²) in [5.41, 5.74) is 3.53. The highest BCUT2D eigenvalue weighted by Gasteiger charge is 2.28. The minimum absolute atomic E-state index is 0.203. The number of halogens is 3. The minimum Gasteiger partial charge on any atom is -0.494 e. The van der Waals surface area contributed by atoms with E-state index in [2.05, 4.69) is 33.0 Å². The lowest BCUT2D eigenvalue weighted by Gasteiger charge is -2.32. The maximum Gasteiger partial charge on any atom is 0.157 e. The van der Waals surface area contributed by atoms with Crippen molar-refractivity contribution in [2.45, 2.75) is 18.9 Å². The van der Waals surface area contributed by atoms with Gasteiger partial charge in [-0.15, -0.1) is 0 Å². The molecule has 4 rings (SSSR count). The Labute approximate surface area is 210 Å². The zero-order valence-corrected chi connectivity index (χ0v) is 21.6. The molecule has 1 N–H and O–H groups in total. The number of thiophene rings is 1. The molecule has 9 heteroatoms. The molecular weight excluding hydrogens is 535 g/mol. The maximum absolute atomic E-state index is 9.80. The second kappa shape index (κ2) is 10.1. The third-order valence-corrected chi connectivity index (χ3v) is 7.64. The lowest BCUT2D eigenvalue weighted by atomic mass is 10.1. The highest BCUT2D eigenvalue weighted by molar-refractivity contribution is 9.10. The Morgan fingerprint density at radius 3 is 2.09 bits per heavy atom. The van der Waals surface area contributed by atoms with Crippen molar-refractivity contribution >= 4 is 73.2 Å². The summed E-state index contributed by atoms with van der Waals surface area (Å²) >= 11 is 18.7. The van der Waals surface area contributed by atoms with E-state index >= 15 is 0 Å². The molecule has 1 aliphatic rings. The number of methoxy groups -OCH3 is 2. The Bertz CT molecular complexity index is 1040. The average Bonchev–Trinajstić information content (AvgIpc) is 3.32. The van der Waals surface area contributed by atoms with Crippen LogP contribution in [0.5, 0.6) is 11.5 Å². The summed E-state index contributed by atoms with van der Waals surface area (Å²) in [7, 11) is 3.12.